The molecule has 0 saturated carbocycles. The first-order valence-corrected chi connectivity index (χ1v) is 9.75. The van der Waals surface area contributed by atoms with Gasteiger partial charge in [0.25, 0.3) is 5.91 Å². The first kappa shape index (κ1) is 21.4. The average Bonchev–Trinajstić information content (AvgIpc) is 2.72. The fourth-order valence-corrected chi connectivity index (χ4v) is 3.61. The Balaban J connectivity index is 2.03. The minimum absolute atomic E-state index is 0.219. The Labute approximate surface area is 181 Å². The van der Waals surface area contributed by atoms with Crippen LogP contribution in [0, 0.1) is 0 Å². The predicted octanol–water partition coefficient (Wildman–Crippen LogP) is 3.51. The van der Waals surface area contributed by atoms with Gasteiger partial charge in [0, 0.05) is 15.7 Å². The molecule has 0 fully saturated rings. The van der Waals surface area contributed by atoms with Crippen LogP contribution in [0.1, 0.15) is 28.9 Å². The molecule has 0 saturated heterocycles. The van der Waals surface area contributed by atoms with Crippen LogP contribution in [-0.4, -0.2) is 32.1 Å². The Morgan fingerprint density at radius 2 is 1.87 bits per heavy atom. The number of hydrogen-bond acceptors (Lipinski definition) is 5. The van der Waals surface area contributed by atoms with Crippen LogP contribution in [0.15, 0.2) is 58.2 Å². The van der Waals surface area contributed by atoms with Crippen molar-refractivity contribution in [2.24, 2.45) is 0 Å². The smallest absolute Gasteiger partial charge is 0.339 e. The van der Waals surface area contributed by atoms with E-state index < -0.39 is 23.9 Å². The van der Waals surface area contributed by atoms with Crippen LogP contribution >= 0.6 is 15.9 Å². The molecule has 1 aliphatic heterocycles. The number of halogens is 1. The predicted molar refractivity (Wildman–Crippen MR) is 114 cm³/mol. The van der Waals surface area contributed by atoms with Crippen molar-refractivity contribution in [3.63, 3.8) is 0 Å². The maximum atomic E-state index is 13.3. The van der Waals surface area contributed by atoms with Crippen molar-refractivity contribution in [1.82, 2.24) is 10.6 Å². The maximum absolute atomic E-state index is 13.3. The number of para-hydroxylation sites is 1. The van der Waals surface area contributed by atoms with E-state index >= 15 is 0 Å². The molecule has 1 aliphatic rings. The van der Waals surface area contributed by atoms with Crippen LogP contribution in [0.4, 0.5) is 10.5 Å². The molecule has 8 nitrogen and oxygen atoms in total. The van der Waals surface area contributed by atoms with E-state index in [1.54, 1.807) is 49.4 Å². The monoisotopic (exact) mass is 473 g/mol. The Morgan fingerprint density at radius 1 is 1.13 bits per heavy atom. The molecule has 2 aromatic rings. The third-order valence-corrected chi connectivity index (χ3v) is 5.09. The number of nitrogens with one attached hydrogen (secondary N) is 3. The Bertz CT molecular complexity index is 1050. The molecule has 2 aromatic carbocycles. The lowest BCUT2D eigenvalue weighted by Gasteiger charge is -2.29. The van der Waals surface area contributed by atoms with Gasteiger partial charge < -0.3 is 25.4 Å². The second-order valence-electron chi connectivity index (χ2n) is 6.45. The summed E-state index contributed by atoms with van der Waals surface area (Å²) in [6, 6.07) is 10.6. The fourth-order valence-electron chi connectivity index (χ4n) is 3.23. The van der Waals surface area contributed by atoms with E-state index in [4.69, 9.17) is 9.47 Å². The second-order valence-corrected chi connectivity index (χ2v) is 7.36. The van der Waals surface area contributed by atoms with Gasteiger partial charge >= 0.3 is 12.0 Å². The summed E-state index contributed by atoms with van der Waals surface area (Å²) in [5, 5.41) is 8.14. The molecule has 3 N–H and O–H groups in total. The first-order chi connectivity index (χ1) is 14.3. The van der Waals surface area contributed by atoms with Gasteiger partial charge in [-0.25, -0.2) is 9.59 Å². The van der Waals surface area contributed by atoms with E-state index in [9.17, 15) is 14.4 Å². The number of carbonyl (C=O) groups excluding carboxylic acids is 3. The molecule has 0 spiro atoms. The zero-order chi connectivity index (χ0) is 21.8. The first-order valence-electron chi connectivity index (χ1n) is 8.96. The van der Waals surface area contributed by atoms with Gasteiger partial charge in [0.05, 0.1) is 37.1 Å². The van der Waals surface area contributed by atoms with Crippen LogP contribution in [-0.2, 0) is 9.53 Å². The van der Waals surface area contributed by atoms with Crippen molar-refractivity contribution in [3.05, 3.63) is 69.3 Å². The van der Waals surface area contributed by atoms with Crippen molar-refractivity contribution in [2.75, 3.05) is 19.5 Å². The minimum atomic E-state index is -0.767. The molecule has 9 heteroatoms. The largest absolute Gasteiger partial charge is 0.496 e. The number of amides is 3. The molecule has 1 atom stereocenters. The maximum Gasteiger partial charge on any atom is 0.339 e. The molecule has 3 amide bonds. The highest BCUT2D eigenvalue weighted by Gasteiger charge is 2.33. The fraction of sp³-hybridized carbons (Fsp3) is 0.190. The van der Waals surface area contributed by atoms with Crippen LogP contribution in [0.3, 0.4) is 0 Å². The summed E-state index contributed by atoms with van der Waals surface area (Å²) in [7, 11) is 2.78. The average molecular weight is 474 g/mol. The molecular formula is C21H20BrN3O5. The van der Waals surface area contributed by atoms with E-state index in [1.807, 2.05) is 0 Å². The van der Waals surface area contributed by atoms with E-state index in [1.165, 1.54) is 14.2 Å². The summed E-state index contributed by atoms with van der Waals surface area (Å²) in [5.41, 5.74) is 1.79. The Hall–Kier alpha value is -3.33. The van der Waals surface area contributed by atoms with Gasteiger partial charge in [-0.05, 0) is 37.3 Å². The number of benzene rings is 2. The van der Waals surface area contributed by atoms with Gasteiger partial charge in [0.1, 0.15) is 5.75 Å². The minimum Gasteiger partial charge on any atom is -0.496 e. The molecule has 1 heterocycles. The van der Waals surface area contributed by atoms with Crippen LogP contribution in [0.5, 0.6) is 5.75 Å². The number of rotatable bonds is 5. The van der Waals surface area contributed by atoms with Crippen molar-refractivity contribution in [3.8, 4) is 5.75 Å². The van der Waals surface area contributed by atoms with Crippen LogP contribution < -0.4 is 20.7 Å². The third-order valence-electron chi connectivity index (χ3n) is 4.60. The number of hydrogen-bond donors (Lipinski definition) is 3. The topological polar surface area (TPSA) is 106 Å². The molecule has 0 bridgehead atoms. The Morgan fingerprint density at radius 3 is 2.57 bits per heavy atom. The number of methoxy groups -OCH3 is 2. The SMILES string of the molecule is COC(=O)c1ccccc1NC(=O)C1=C(C)NC(=O)N[C@@H]1c1cc(Br)ccc1OC. The number of allylic oxidation sites excluding steroid dienone is 1. The lowest BCUT2D eigenvalue weighted by molar-refractivity contribution is -0.113. The summed E-state index contributed by atoms with van der Waals surface area (Å²) in [6.45, 7) is 1.64. The lowest BCUT2D eigenvalue weighted by Crippen LogP contribution is -2.46. The molecular weight excluding hydrogens is 454 g/mol. The van der Waals surface area contributed by atoms with E-state index in [0.717, 1.165) is 4.47 Å². The molecule has 0 aliphatic carbocycles. The number of esters is 1. The number of ether oxygens (including phenoxy) is 2. The van der Waals surface area contributed by atoms with Crippen molar-refractivity contribution >= 4 is 39.5 Å². The highest BCUT2D eigenvalue weighted by Crippen LogP contribution is 2.35. The number of carbonyl (C=O) groups is 3. The van der Waals surface area contributed by atoms with Gasteiger partial charge in [-0.15, -0.1) is 0 Å². The highest BCUT2D eigenvalue weighted by atomic mass is 79.9. The molecule has 30 heavy (non-hydrogen) atoms. The zero-order valence-electron chi connectivity index (χ0n) is 16.5. The standard InChI is InChI=1S/C21H20BrN3O5/c1-11-17(19(26)24-15-7-5-4-6-13(15)20(27)30-3)18(25-21(28)23-11)14-10-12(22)8-9-16(14)29-2/h4-10,18H,1-3H3,(H,24,26)(H2,23,25,28)/t18-/m1/s1. The summed E-state index contributed by atoms with van der Waals surface area (Å²) in [4.78, 5) is 37.4. The summed E-state index contributed by atoms with van der Waals surface area (Å²) in [5.74, 6) is -0.543. The van der Waals surface area contributed by atoms with Crippen LogP contribution in [0.25, 0.3) is 0 Å². The van der Waals surface area contributed by atoms with E-state index in [2.05, 4.69) is 31.9 Å². The lowest BCUT2D eigenvalue weighted by atomic mass is 9.94. The van der Waals surface area contributed by atoms with E-state index in [0.29, 0.717) is 22.7 Å². The highest BCUT2D eigenvalue weighted by molar-refractivity contribution is 9.10. The molecule has 0 unspecified atom stereocenters. The van der Waals surface area contributed by atoms with Crippen LogP contribution in [0.2, 0.25) is 0 Å². The van der Waals surface area contributed by atoms with Crippen molar-refractivity contribution < 1.29 is 23.9 Å². The van der Waals surface area contributed by atoms with Crippen molar-refractivity contribution in [2.45, 2.75) is 13.0 Å². The summed E-state index contributed by atoms with van der Waals surface area (Å²) in [6.07, 6.45) is 0. The molecule has 0 aromatic heterocycles. The second kappa shape index (κ2) is 9.00. The number of anilines is 1. The zero-order valence-corrected chi connectivity index (χ0v) is 18.1. The number of urea groups is 1. The van der Waals surface area contributed by atoms with E-state index in [-0.39, 0.29) is 11.1 Å². The third kappa shape index (κ3) is 4.30. The molecule has 0 radical (unpaired) electrons. The van der Waals surface area contributed by atoms with Crippen molar-refractivity contribution in [1.29, 1.82) is 0 Å². The van der Waals surface area contributed by atoms with Gasteiger partial charge in [-0.3, -0.25) is 4.79 Å². The molecule has 3 rings (SSSR count). The van der Waals surface area contributed by atoms with Gasteiger partial charge in [0.2, 0.25) is 0 Å². The van der Waals surface area contributed by atoms with Gasteiger partial charge in [0.15, 0.2) is 0 Å². The Kier molecular flexibility index (Phi) is 6.41. The summed E-state index contributed by atoms with van der Waals surface area (Å²) < 4.78 is 11.0. The van der Waals surface area contributed by atoms with Gasteiger partial charge in [-0.1, -0.05) is 28.1 Å². The quantitative estimate of drug-likeness (QED) is 0.576. The summed E-state index contributed by atoms with van der Waals surface area (Å²) >= 11 is 3.41. The normalized spacial score (nSPS) is 15.7. The van der Waals surface area contributed by atoms with Gasteiger partial charge in [-0.2, -0.15) is 0 Å². The molecule has 156 valence electrons.